The van der Waals surface area contributed by atoms with Gasteiger partial charge in [0.05, 0.1) is 11.7 Å². The van der Waals surface area contributed by atoms with Gasteiger partial charge in [-0.3, -0.25) is 0 Å². The van der Waals surface area contributed by atoms with Crippen molar-refractivity contribution in [2.45, 2.75) is 64.7 Å². The highest BCUT2D eigenvalue weighted by Crippen LogP contribution is 2.27. The van der Waals surface area contributed by atoms with Gasteiger partial charge in [0.2, 0.25) is 0 Å². The van der Waals surface area contributed by atoms with E-state index in [1.807, 2.05) is 13.0 Å². The molecule has 0 saturated heterocycles. The first kappa shape index (κ1) is 16.1. The number of allylic oxidation sites excluding steroid dienone is 2. The second kappa shape index (κ2) is 7.63. The monoisotopic (exact) mass is 288 g/mol. The first-order chi connectivity index (χ1) is 10.1. The molecule has 0 radical (unpaired) electrons. The van der Waals surface area contributed by atoms with Gasteiger partial charge >= 0.3 is 0 Å². The Morgan fingerprint density at radius 3 is 2.76 bits per heavy atom. The fourth-order valence-corrected chi connectivity index (χ4v) is 3.43. The van der Waals surface area contributed by atoms with Crippen LogP contribution in [0.1, 0.15) is 69.5 Å². The zero-order valence-corrected chi connectivity index (χ0v) is 13.8. The van der Waals surface area contributed by atoms with Gasteiger partial charge in [-0.15, -0.1) is 0 Å². The summed E-state index contributed by atoms with van der Waals surface area (Å²) in [5.41, 5.74) is 2.73. The second-order valence-corrected chi connectivity index (χ2v) is 6.58. The molecule has 2 rings (SSSR count). The van der Waals surface area contributed by atoms with E-state index >= 15 is 0 Å². The van der Waals surface area contributed by atoms with Crippen LogP contribution in [-0.2, 0) is 13.5 Å². The molecule has 1 atom stereocenters. The van der Waals surface area contributed by atoms with Crippen LogP contribution < -0.4 is 4.57 Å². The lowest BCUT2D eigenvalue weighted by atomic mass is 9.84. The largest absolute Gasteiger partial charge is 0.513 e. The molecule has 116 valence electrons. The molecular formula is C19H30NO+. The standard InChI is InChI=1S/C19H29NO/c1-4-18(21)12-15(2)19-14-17(10-11-20(19)3)13-16-8-6-5-7-9-16/h10-12,14-16H,4-9,13H2,1-3H3/p+1/b18-12+. The third-order valence-corrected chi connectivity index (χ3v) is 4.77. The van der Waals surface area contributed by atoms with E-state index in [2.05, 4.69) is 36.9 Å². The van der Waals surface area contributed by atoms with Gasteiger partial charge in [-0.25, -0.2) is 4.57 Å². The number of rotatable bonds is 5. The van der Waals surface area contributed by atoms with Crippen LogP contribution in [0, 0.1) is 5.92 Å². The Balaban J connectivity index is 2.12. The van der Waals surface area contributed by atoms with E-state index in [9.17, 15) is 5.11 Å². The summed E-state index contributed by atoms with van der Waals surface area (Å²) in [4.78, 5) is 0. The zero-order valence-electron chi connectivity index (χ0n) is 13.8. The van der Waals surface area contributed by atoms with Gasteiger partial charge in [0.1, 0.15) is 7.05 Å². The predicted molar refractivity (Wildman–Crippen MR) is 87.3 cm³/mol. The first-order valence-corrected chi connectivity index (χ1v) is 8.48. The molecule has 2 nitrogen and oxygen atoms in total. The maximum absolute atomic E-state index is 9.76. The molecule has 2 heteroatoms. The average Bonchev–Trinajstić information content (AvgIpc) is 2.50. The minimum absolute atomic E-state index is 0.251. The van der Waals surface area contributed by atoms with Crippen molar-refractivity contribution in [3.8, 4) is 0 Å². The molecule has 1 heterocycles. The van der Waals surface area contributed by atoms with E-state index in [1.54, 1.807) is 0 Å². The second-order valence-electron chi connectivity index (χ2n) is 6.58. The minimum Gasteiger partial charge on any atom is -0.513 e. The minimum atomic E-state index is 0.251. The van der Waals surface area contributed by atoms with Crippen LogP contribution in [-0.4, -0.2) is 5.11 Å². The Hall–Kier alpha value is -1.31. The molecule has 1 N–H and O–H groups in total. The summed E-state index contributed by atoms with van der Waals surface area (Å²) < 4.78 is 2.18. The van der Waals surface area contributed by atoms with Crippen molar-refractivity contribution in [2.75, 3.05) is 0 Å². The van der Waals surface area contributed by atoms with Crippen molar-refractivity contribution in [2.24, 2.45) is 13.0 Å². The van der Waals surface area contributed by atoms with Gasteiger partial charge in [-0.2, -0.15) is 0 Å². The maximum Gasteiger partial charge on any atom is 0.188 e. The Kier molecular flexibility index (Phi) is 5.84. The van der Waals surface area contributed by atoms with Gasteiger partial charge in [-0.1, -0.05) is 39.0 Å². The number of nitrogens with zero attached hydrogens (tertiary/aromatic N) is 1. The van der Waals surface area contributed by atoms with Gasteiger partial charge < -0.3 is 5.11 Å². The van der Waals surface area contributed by atoms with Crippen molar-refractivity contribution in [1.29, 1.82) is 0 Å². The molecule has 1 saturated carbocycles. The summed E-state index contributed by atoms with van der Waals surface area (Å²) in [5.74, 6) is 1.61. The lowest BCUT2D eigenvalue weighted by Crippen LogP contribution is -2.34. The molecule has 1 aliphatic carbocycles. The van der Waals surface area contributed by atoms with Gasteiger partial charge in [0.25, 0.3) is 0 Å². The van der Waals surface area contributed by atoms with E-state index in [1.165, 1.54) is 49.8 Å². The van der Waals surface area contributed by atoms with E-state index in [-0.39, 0.29) is 5.92 Å². The topological polar surface area (TPSA) is 24.1 Å². The van der Waals surface area contributed by atoms with Gasteiger partial charge in [-0.05, 0) is 30.9 Å². The number of pyridine rings is 1. The van der Waals surface area contributed by atoms with Gasteiger partial charge in [0, 0.05) is 18.6 Å². The Bertz CT molecular complexity index is 486. The highest BCUT2D eigenvalue weighted by Gasteiger charge is 2.18. The summed E-state index contributed by atoms with van der Waals surface area (Å²) >= 11 is 0. The number of hydrogen-bond acceptors (Lipinski definition) is 1. The fourth-order valence-electron chi connectivity index (χ4n) is 3.43. The smallest absolute Gasteiger partial charge is 0.188 e. The lowest BCUT2D eigenvalue weighted by Gasteiger charge is -2.21. The number of hydrogen-bond donors (Lipinski definition) is 1. The normalized spacial score (nSPS) is 18.7. The average molecular weight is 288 g/mol. The molecule has 0 amide bonds. The Labute approximate surface area is 129 Å². The van der Waals surface area contributed by atoms with Crippen molar-refractivity contribution in [1.82, 2.24) is 0 Å². The zero-order chi connectivity index (χ0) is 15.2. The third-order valence-electron chi connectivity index (χ3n) is 4.77. The third kappa shape index (κ3) is 4.59. The summed E-state index contributed by atoms with van der Waals surface area (Å²) in [6.07, 6.45) is 13.1. The molecular weight excluding hydrogens is 258 g/mol. The summed E-state index contributed by atoms with van der Waals surface area (Å²) in [6.45, 7) is 4.14. The Morgan fingerprint density at radius 2 is 2.10 bits per heavy atom. The van der Waals surface area contributed by atoms with Crippen LogP contribution in [0.3, 0.4) is 0 Å². The van der Waals surface area contributed by atoms with Crippen molar-refractivity contribution in [3.05, 3.63) is 41.4 Å². The van der Waals surface area contributed by atoms with E-state index in [0.29, 0.717) is 12.2 Å². The van der Waals surface area contributed by atoms with Crippen molar-refractivity contribution in [3.63, 3.8) is 0 Å². The lowest BCUT2D eigenvalue weighted by molar-refractivity contribution is -0.679. The van der Waals surface area contributed by atoms with Crippen LogP contribution >= 0.6 is 0 Å². The molecule has 1 aromatic heterocycles. The van der Waals surface area contributed by atoms with Crippen LogP contribution in [0.5, 0.6) is 0 Å². The molecule has 0 aromatic carbocycles. The number of aliphatic hydroxyl groups is 1. The van der Waals surface area contributed by atoms with Crippen LogP contribution in [0.4, 0.5) is 0 Å². The molecule has 1 fully saturated rings. The van der Waals surface area contributed by atoms with E-state index in [4.69, 9.17) is 0 Å². The quantitative estimate of drug-likeness (QED) is 0.622. The maximum atomic E-state index is 9.76. The molecule has 0 bridgehead atoms. The summed E-state index contributed by atoms with van der Waals surface area (Å²) in [6, 6.07) is 4.59. The van der Waals surface area contributed by atoms with Crippen LogP contribution in [0.15, 0.2) is 30.2 Å². The van der Waals surface area contributed by atoms with Crippen molar-refractivity contribution >= 4 is 0 Å². The molecule has 0 aliphatic heterocycles. The van der Waals surface area contributed by atoms with Crippen molar-refractivity contribution < 1.29 is 9.67 Å². The van der Waals surface area contributed by atoms with Crippen LogP contribution in [0.2, 0.25) is 0 Å². The highest BCUT2D eigenvalue weighted by atomic mass is 16.3. The first-order valence-electron chi connectivity index (χ1n) is 8.48. The number of aryl methyl sites for hydroxylation is 1. The van der Waals surface area contributed by atoms with Crippen LogP contribution in [0.25, 0.3) is 0 Å². The van der Waals surface area contributed by atoms with E-state index in [0.717, 1.165) is 5.92 Å². The molecule has 1 aromatic rings. The molecule has 0 spiro atoms. The molecule has 1 unspecified atom stereocenters. The summed E-state index contributed by atoms with van der Waals surface area (Å²) in [5, 5.41) is 9.76. The Morgan fingerprint density at radius 1 is 1.38 bits per heavy atom. The van der Waals surface area contributed by atoms with E-state index < -0.39 is 0 Å². The molecule has 21 heavy (non-hydrogen) atoms. The SMILES string of the molecule is CC/C(O)=C\C(C)c1cc(CC2CCCCC2)cc[n+]1C. The van der Waals surface area contributed by atoms with Gasteiger partial charge in [0.15, 0.2) is 11.9 Å². The number of aliphatic hydroxyl groups excluding tert-OH is 1. The fraction of sp³-hybridized carbons (Fsp3) is 0.632. The number of aromatic nitrogens is 1. The highest BCUT2D eigenvalue weighted by molar-refractivity contribution is 5.19. The summed E-state index contributed by atoms with van der Waals surface area (Å²) in [7, 11) is 2.09. The predicted octanol–water partition coefficient (Wildman–Crippen LogP) is 4.59. The molecule has 1 aliphatic rings.